The van der Waals surface area contributed by atoms with Crippen molar-refractivity contribution in [1.29, 1.82) is 0 Å². The maximum atomic E-state index is 11.8. The van der Waals surface area contributed by atoms with Gasteiger partial charge in [-0.05, 0) is 25.1 Å². The van der Waals surface area contributed by atoms with Crippen LogP contribution in [-0.2, 0) is 9.53 Å². The summed E-state index contributed by atoms with van der Waals surface area (Å²) in [5, 5.41) is 4.65. The Bertz CT molecular complexity index is 548. The summed E-state index contributed by atoms with van der Waals surface area (Å²) in [5.74, 6) is -1.56. The number of esters is 1. The second-order valence-corrected chi connectivity index (χ2v) is 4.58. The van der Waals surface area contributed by atoms with E-state index in [-0.39, 0.29) is 10.6 Å². The summed E-state index contributed by atoms with van der Waals surface area (Å²) in [4.78, 5) is 34.3. The van der Waals surface area contributed by atoms with Crippen molar-refractivity contribution in [3.63, 3.8) is 0 Å². The minimum atomic E-state index is -1.16. The van der Waals surface area contributed by atoms with Crippen molar-refractivity contribution in [2.75, 3.05) is 7.05 Å². The Morgan fingerprint density at radius 1 is 1.25 bits per heavy atom. The summed E-state index contributed by atoms with van der Waals surface area (Å²) in [6.45, 7) is 1.33. The third kappa shape index (κ3) is 4.40. The number of amides is 3. The molecule has 8 heteroatoms. The van der Waals surface area contributed by atoms with Crippen LogP contribution in [0.5, 0.6) is 0 Å². The highest BCUT2D eigenvalue weighted by atomic mass is 35.5. The van der Waals surface area contributed by atoms with E-state index in [9.17, 15) is 14.4 Å². The van der Waals surface area contributed by atoms with Gasteiger partial charge in [-0.1, -0.05) is 23.2 Å². The largest absolute Gasteiger partial charge is 0.449 e. The Morgan fingerprint density at radius 3 is 2.50 bits per heavy atom. The fourth-order valence-electron chi connectivity index (χ4n) is 1.21. The number of carbonyl (C=O) groups is 3. The molecule has 3 amide bonds. The predicted octanol–water partition coefficient (Wildman–Crippen LogP) is 1.99. The molecule has 0 bridgehead atoms. The lowest BCUT2D eigenvalue weighted by Gasteiger charge is -2.13. The smallest absolute Gasteiger partial charge is 0.340 e. The molecular weight excluding hydrogens is 307 g/mol. The summed E-state index contributed by atoms with van der Waals surface area (Å²) in [6.07, 6.45) is -1.16. The normalized spacial score (nSPS) is 11.4. The first-order valence-electron chi connectivity index (χ1n) is 5.53. The summed E-state index contributed by atoms with van der Waals surface area (Å²) >= 11 is 11.6. The number of hydrogen-bond acceptors (Lipinski definition) is 4. The maximum Gasteiger partial charge on any atom is 0.340 e. The number of carbonyl (C=O) groups excluding carboxylic acids is 3. The highest BCUT2D eigenvalue weighted by Gasteiger charge is 2.21. The molecular formula is C12H12Cl2N2O4. The summed E-state index contributed by atoms with van der Waals surface area (Å²) in [5.41, 5.74) is 0.0405. The molecule has 0 unspecified atom stereocenters. The van der Waals surface area contributed by atoms with Gasteiger partial charge in [0, 0.05) is 12.1 Å². The first kappa shape index (κ1) is 16.3. The van der Waals surface area contributed by atoms with Crippen molar-refractivity contribution in [3.8, 4) is 0 Å². The van der Waals surface area contributed by atoms with Crippen LogP contribution in [0.3, 0.4) is 0 Å². The molecule has 0 saturated heterocycles. The number of benzene rings is 1. The van der Waals surface area contributed by atoms with E-state index in [0.717, 1.165) is 0 Å². The predicted molar refractivity (Wildman–Crippen MR) is 73.9 cm³/mol. The number of nitrogens with one attached hydrogen (secondary N) is 2. The molecule has 0 fully saturated rings. The molecule has 0 spiro atoms. The molecule has 0 heterocycles. The van der Waals surface area contributed by atoms with Gasteiger partial charge in [0.25, 0.3) is 5.91 Å². The molecule has 0 radical (unpaired) electrons. The highest BCUT2D eigenvalue weighted by Crippen LogP contribution is 2.21. The van der Waals surface area contributed by atoms with Crippen LogP contribution in [0.4, 0.5) is 4.79 Å². The van der Waals surface area contributed by atoms with Crippen LogP contribution in [0.25, 0.3) is 0 Å². The summed E-state index contributed by atoms with van der Waals surface area (Å²) < 4.78 is 4.91. The molecule has 108 valence electrons. The second kappa shape index (κ2) is 7.12. The molecule has 0 aliphatic rings. The van der Waals surface area contributed by atoms with Crippen molar-refractivity contribution in [2.24, 2.45) is 0 Å². The number of imide groups is 1. The van der Waals surface area contributed by atoms with Gasteiger partial charge in [-0.25, -0.2) is 9.59 Å². The number of ether oxygens (including phenoxy) is 1. The lowest BCUT2D eigenvalue weighted by molar-refractivity contribution is -0.127. The SMILES string of the molecule is CNC(=O)NC(=O)[C@@H](C)OC(=O)c1cc(Cl)ccc1Cl. The minimum absolute atomic E-state index is 0.0405. The lowest BCUT2D eigenvalue weighted by atomic mass is 10.2. The second-order valence-electron chi connectivity index (χ2n) is 3.74. The van der Waals surface area contributed by atoms with Crippen LogP contribution in [0.2, 0.25) is 10.0 Å². The quantitative estimate of drug-likeness (QED) is 0.835. The maximum absolute atomic E-state index is 11.8. The Morgan fingerprint density at radius 2 is 1.90 bits per heavy atom. The van der Waals surface area contributed by atoms with Gasteiger partial charge in [-0.3, -0.25) is 10.1 Å². The average molecular weight is 319 g/mol. The van der Waals surface area contributed by atoms with Crippen molar-refractivity contribution in [3.05, 3.63) is 33.8 Å². The van der Waals surface area contributed by atoms with Crippen LogP contribution in [0.15, 0.2) is 18.2 Å². The minimum Gasteiger partial charge on any atom is -0.449 e. The van der Waals surface area contributed by atoms with Crippen LogP contribution in [0, 0.1) is 0 Å². The Balaban J connectivity index is 2.72. The zero-order valence-electron chi connectivity index (χ0n) is 10.7. The summed E-state index contributed by atoms with van der Waals surface area (Å²) in [7, 11) is 1.35. The van der Waals surface area contributed by atoms with Crippen LogP contribution < -0.4 is 10.6 Å². The average Bonchev–Trinajstić information content (AvgIpc) is 2.40. The van der Waals surface area contributed by atoms with Crippen molar-refractivity contribution in [1.82, 2.24) is 10.6 Å². The van der Waals surface area contributed by atoms with Gasteiger partial charge < -0.3 is 10.1 Å². The van der Waals surface area contributed by atoms with E-state index >= 15 is 0 Å². The zero-order chi connectivity index (χ0) is 15.3. The molecule has 1 aromatic rings. The Labute approximate surface area is 125 Å². The summed E-state index contributed by atoms with van der Waals surface area (Å²) in [6, 6.07) is 3.59. The molecule has 0 aliphatic carbocycles. The van der Waals surface area contributed by atoms with Gasteiger partial charge >= 0.3 is 12.0 Å². The van der Waals surface area contributed by atoms with E-state index in [1.54, 1.807) is 0 Å². The van der Waals surface area contributed by atoms with Gasteiger partial charge in [-0.2, -0.15) is 0 Å². The van der Waals surface area contributed by atoms with Crippen LogP contribution >= 0.6 is 23.2 Å². The van der Waals surface area contributed by atoms with Crippen LogP contribution in [-0.4, -0.2) is 31.1 Å². The molecule has 2 N–H and O–H groups in total. The van der Waals surface area contributed by atoms with Gasteiger partial charge in [0.15, 0.2) is 6.10 Å². The van der Waals surface area contributed by atoms with E-state index < -0.39 is 24.0 Å². The third-order valence-corrected chi connectivity index (χ3v) is 2.83. The Kier molecular flexibility index (Phi) is 5.79. The monoisotopic (exact) mass is 318 g/mol. The van der Waals surface area contributed by atoms with Gasteiger partial charge in [0.2, 0.25) is 0 Å². The van der Waals surface area contributed by atoms with E-state index in [0.29, 0.717) is 5.02 Å². The molecule has 1 aromatic carbocycles. The molecule has 20 heavy (non-hydrogen) atoms. The van der Waals surface area contributed by atoms with Crippen molar-refractivity contribution < 1.29 is 19.1 Å². The molecule has 0 saturated carbocycles. The van der Waals surface area contributed by atoms with Crippen LogP contribution in [0.1, 0.15) is 17.3 Å². The third-order valence-electron chi connectivity index (χ3n) is 2.27. The number of urea groups is 1. The highest BCUT2D eigenvalue weighted by molar-refractivity contribution is 6.35. The molecule has 1 atom stereocenters. The van der Waals surface area contributed by atoms with Crippen molar-refractivity contribution in [2.45, 2.75) is 13.0 Å². The van der Waals surface area contributed by atoms with E-state index in [1.165, 1.54) is 32.2 Å². The van der Waals surface area contributed by atoms with Gasteiger partial charge in [0.05, 0.1) is 10.6 Å². The van der Waals surface area contributed by atoms with Gasteiger partial charge in [-0.15, -0.1) is 0 Å². The lowest BCUT2D eigenvalue weighted by Crippen LogP contribution is -2.43. The number of rotatable bonds is 3. The first-order chi connectivity index (χ1) is 9.35. The fourth-order valence-corrected chi connectivity index (χ4v) is 1.57. The number of hydrogen-bond donors (Lipinski definition) is 2. The van der Waals surface area contributed by atoms with E-state index in [2.05, 4.69) is 5.32 Å². The number of halogens is 2. The van der Waals surface area contributed by atoms with E-state index in [4.69, 9.17) is 27.9 Å². The van der Waals surface area contributed by atoms with E-state index in [1.807, 2.05) is 5.32 Å². The first-order valence-corrected chi connectivity index (χ1v) is 6.29. The molecule has 6 nitrogen and oxygen atoms in total. The standard InChI is InChI=1S/C12H12Cl2N2O4/c1-6(10(17)16-12(19)15-2)20-11(18)8-5-7(13)3-4-9(8)14/h3-6H,1-2H3,(H2,15,16,17,19)/t6-/m1/s1. The molecule has 0 aliphatic heterocycles. The Hall–Kier alpha value is -1.79. The topological polar surface area (TPSA) is 84.5 Å². The fraction of sp³-hybridized carbons (Fsp3) is 0.250. The van der Waals surface area contributed by atoms with Crippen molar-refractivity contribution >= 4 is 41.1 Å². The zero-order valence-corrected chi connectivity index (χ0v) is 12.2. The van der Waals surface area contributed by atoms with Gasteiger partial charge in [0.1, 0.15) is 0 Å². The molecule has 1 rings (SSSR count). The molecule has 0 aromatic heterocycles.